The molecule has 1 aliphatic heterocycles. The van der Waals surface area contributed by atoms with Gasteiger partial charge in [0, 0.05) is 21.3 Å². The monoisotopic (exact) mass is 488 g/mol. The first kappa shape index (κ1) is 22.9. The van der Waals surface area contributed by atoms with Gasteiger partial charge in [0.15, 0.2) is 11.5 Å². The quantitative estimate of drug-likeness (QED) is 0.490. The number of rotatable bonds is 7. The smallest absolute Gasteiger partial charge is 0.251 e. The molecule has 1 atom stereocenters. The van der Waals surface area contributed by atoms with Gasteiger partial charge in [-0.1, -0.05) is 36.2 Å². The van der Waals surface area contributed by atoms with Crippen molar-refractivity contribution in [2.24, 2.45) is 0 Å². The second-order valence-corrected chi connectivity index (χ2v) is 8.33. The summed E-state index contributed by atoms with van der Waals surface area (Å²) < 4.78 is 12.3. The molecule has 3 aromatic rings. The van der Waals surface area contributed by atoms with Gasteiger partial charge in [-0.15, -0.1) is 0 Å². The van der Waals surface area contributed by atoms with Crippen LogP contribution in [0.5, 0.6) is 11.5 Å². The van der Waals surface area contributed by atoms with Crippen molar-refractivity contribution in [3.8, 4) is 22.6 Å². The molecule has 0 saturated carbocycles. The Morgan fingerprint density at radius 3 is 2.45 bits per heavy atom. The molecule has 8 nitrogen and oxygen atoms in total. The molecule has 0 aliphatic carbocycles. The van der Waals surface area contributed by atoms with E-state index in [9.17, 15) is 9.59 Å². The molecule has 1 unspecified atom stereocenters. The molecule has 0 radical (unpaired) electrons. The number of carbonyl (C=O) groups is 2. The van der Waals surface area contributed by atoms with Gasteiger partial charge in [0.2, 0.25) is 5.91 Å². The van der Waals surface area contributed by atoms with Crippen molar-refractivity contribution >= 4 is 46.5 Å². The van der Waals surface area contributed by atoms with Crippen LogP contribution in [0, 0.1) is 0 Å². The van der Waals surface area contributed by atoms with Crippen molar-refractivity contribution < 1.29 is 19.1 Å². The number of nitrogens with one attached hydrogen (secondary N) is 2. The Morgan fingerprint density at radius 2 is 1.82 bits per heavy atom. The molecular weight excluding hydrogens is 467 g/mol. The number of methoxy groups -OCH3 is 2. The number of amides is 2. The first-order valence-electron chi connectivity index (χ1n) is 10.2. The Labute approximate surface area is 200 Å². The Morgan fingerprint density at radius 1 is 1.12 bits per heavy atom. The number of carbonyl (C=O) groups excluding carboxylic acids is 2. The third-order valence-corrected chi connectivity index (χ3v) is 5.79. The van der Waals surface area contributed by atoms with E-state index in [1.165, 1.54) is 0 Å². The molecule has 33 heavy (non-hydrogen) atoms. The maximum absolute atomic E-state index is 12.8. The number of hydrogen-bond donors (Lipinski definition) is 2. The van der Waals surface area contributed by atoms with Crippen LogP contribution in [0.1, 0.15) is 25.1 Å². The largest absolute Gasteiger partial charge is 0.493 e. The van der Waals surface area contributed by atoms with E-state index in [0.717, 1.165) is 16.8 Å². The Hall–Kier alpha value is -3.23. The Bertz CT molecular complexity index is 1220. The molecule has 0 saturated heterocycles. The van der Waals surface area contributed by atoms with E-state index in [2.05, 4.69) is 15.7 Å². The number of aryl methyl sites for hydroxylation is 1. The number of fused-ring (bicyclic) bond motifs is 1. The van der Waals surface area contributed by atoms with Crippen LogP contribution in [-0.2, 0) is 16.0 Å². The molecule has 2 heterocycles. The van der Waals surface area contributed by atoms with E-state index >= 15 is 0 Å². The highest BCUT2D eigenvalue weighted by Crippen LogP contribution is 2.41. The fraction of sp³-hybridized carbons (Fsp3) is 0.261. The molecule has 172 valence electrons. The molecule has 10 heteroatoms. The molecule has 1 aliphatic rings. The van der Waals surface area contributed by atoms with Gasteiger partial charge >= 0.3 is 0 Å². The summed E-state index contributed by atoms with van der Waals surface area (Å²) in [4.78, 5) is 25.4. The number of aromatic nitrogens is 2. The van der Waals surface area contributed by atoms with Crippen LogP contribution in [0.25, 0.3) is 11.1 Å². The molecular formula is C23H22Cl2N4O4. The van der Waals surface area contributed by atoms with Crippen molar-refractivity contribution in [1.82, 2.24) is 9.78 Å². The van der Waals surface area contributed by atoms with E-state index in [4.69, 9.17) is 32.7 Å². The number of benzene rings is 2. The van der Waals surface area contributed by atoms with Crippen molar-refractivity contribution in [2.75, 3.05) is 24.9 Å². The van der Waals surface area contributed by atoms with Crippen LogP contribution in [0.2, 0.25) is 10.0 Å². The average molecular weight is 489 g/mol. The zero-order chi connectivity index (χ0) is 23.7. The fourth-order valence-corrected chi connectivity index (χ4v) is 4.40. The third kappa shape index (κ3) is 4.49. The summed E-state index contributed by atoms with van der Waals surface area (Å²) in [6.07, 6.45) is 0.540. The number of anilines is 2. The summed E-state index contributed by atoms with van der Waals surface area (Å²) in [6, 6.07) is 9.48. The minimum atomic E-state index is -0.783. The molecule has 0 spiro atoms. The first-order valence-corrected chi connectivity index (χ1v) is 11.0. The van der Waals surface area contributed by atoms with Crippen molar-refractivity contribution in [3.63, 3.8) is 0 Å². The van der Waals surface area contributed by atoms with Gasteiger partial charge in [-0.25, -0.2) is 4.68 Å². The van der Waals surface area contributed by atoms with Crippen LogP contribution in [-0.4, -0.2) is 35.8 Å². The van der Waals surface area contributed by atoms with E-state index < -0.39 is 6.04 Å². The normalized spacial score (nSPS) is 14.6. The number of nitrogens with zero attached hydrogens (tertiary/aromatic N) is 2. The van der Waals surface area contributed by atoms with Crippen molar-refractivity contribution in [2.45, 2.75) is 25.8 Å². The SMILES string of the molecule is CCc1nn2c(c1-c1ccc(OC)c(OC)c1)NC(=O)C2CC(=O)Nc1cc(Cl)cc(Cl)c1. The third-order valence-electron chi connectivity index (χ3n) is 5.35. The minimum Gasteiger partial charge on any atom is -0.493 e. The molecule has 1 aromatic heterocycles. The van der Waals surface area contributed by atoms with Gasteiger partial charge in [-0.2, -0.15) is 5.10 Å². The summed E-state index contributed by atoms with van der Waals surface area (Å²) in [5.41, 5.74) is 2.86. The molecule has 0 bridgehead atoms. The lowest BCUT2D eigenvalue weighted by Crippen LogP contribution is -2.24. The van der Waals surface area contributed by atoms with Gasteiger partial charge in [0.1, 0.15) is 11.9 Å². The van der Waals surface area contributed by atoms with Crippen LogP contribution >= 0.6 is 23.2 Å². The lowest BCUT2D eigenvalue weighted by molar-refractivity contribution is -0.123. The summed E-state index contributed by atoms with van der Waals surface area (Å²) in [5.74, 6) is 1.05. The average Bonchev–Trinajstić information content (AvgIpc) is 3.27. The summed E-state index contributed by atoms with van der Waals surface area (Å²) >= 11 is 12.0. The maximum atomic E-state index is 12.8. The van der Waals surface area contributed by atoms with Crippen LogP contribution in [0.3, 0.4) is 0 Å². The number of halogens is 2. The summed E-state index contributed by atoms with van der Waals surface area (Å²) in [6.45, 7) is 1.98. The predicted molar refractivity (Wildman–Crippen MR) is 128 cm³/mol. The molecule has 2 aromatic carbocycles. The Balaban J connectivity index is 1.64. The lowest BCUT2D eigenvalue weighted by Gasteiger charge is -2.11. The van der Waals surface area contributed by atoms with Gasteiger partial charge < -0.3 is 20.1 Å². The van der Waals surface area contributed by atoms with Gasteiger partial charge in [0.25, 0.3) is 5.91 Å². The number of hydrogen-bond acceptors (Lipinski definition) is 5. The van der Waals surface area contributed by atoms with Gasteiger partial charge in [0.05, 0.1) is 26.3 Å². The topological polar surface area (TPSA) is 94.5 Å². The zero-order valence-corrected chi connectivity index (χ0v) is 19.8. The minimum absolute atomic E-state index is 0.0980. The molecule has 2 N–H and O–H groups in total. The molecule has 2 amide bonds. The highest BCUT2D eigenvalue weighted by molar-refractivity contribution is 6.35. The fourth-order valence-electron chi connectivity index (χ4n) is 3.87. The summed E-state index contributed by atoms with van der Waals surface area (Å²) in [5, 5.41) is 11.1. The van der Waals surface area contributed by atoms with Crippen LogP contribution in [0.4, 0.5) is 11.5 Å². The van der Waals surface area contributed by atoms with E-state index in [-0.39, 0.29) is 18.2 Å². The molecule has 0 fully saturated rings. The van der Waals surface area contributed by atoms with E-state index in [1.54, 1.807) is 43.2 Å². The molecule has 4 rings (SSSR count). The van der Waals surface area contributed by atoms with Crippen LogP contribution < -0.4 is 20.1 Å². The first-order chi connectivity index (χ1) is 15.8. The second-order valence-electron chi connectivity index (χ2n) is 7.45. The predicted octanol–water partition coefficient (Wildman–Crippen LogP) is 4.96. The van der Waals surface area contributed by atoms with E-state index in [1.807, 2.05) is 19.1 Å². The van der Waals surface area contributed by atoms with Gasteiger partial charge in [-0.3, -0.25) is 9.59 Å². The van der Waals surface area contributed by atoms with E-state index in [0.29, 0.717) is 39.5 Å². The highest BCUT2D eigenvalue weighted by Gasteiger charge is 2.37. The maximum Gasteiger partial charge on any atom is 0.251 e. The van der Waals surface area contributed by atoms with Gasteiger partial charge in [-0.05, 0) is 42.3 Å². The standard InChI is InChI=1S/C23H22Cl2N4O4/c1-4-16-21(12-5-6-18(32-2)19(7-12)33-3)22-27-23(31)17(29(22)28-16)11-20(30)26-15-9-13(24)8-14(25)10-15/h5-10,17H,4,11H2,1-3H3,(H,26,30)(H,27,31). The number of ether oxygens (including phenoxy) is 2. The van der Waals surface area contributed by atoms with Crippen LogP contribution in [0.15, 0.2) is 36.4 Å². The Kier molecular flexibility index (Phi) is 6.49. The summed E-state index contributed by atoms with van der Waals surface area (Å²) in [7, 11) is 3.13. The zero-order valence-electron chi connectivity index (χ0n) is 18.2. The highest BCUT2D eigenvalue weighted by atomic mass is 35.5. The lowest BCUT2D eigenvalue weighted by atomic mass is 10.0. The second kappa shape index (κ2) is 9.33. The van der Waals surface area contributed by atoms with Crippen molar-refractivity contribution in [3.05, 3.63) is 52.1 Å². The van der Waals surface area contributed by atoms with Crippen molar-refractivity contribution in [1.29, 1.82) is 0 Å².